The van der Waals surface area contributed by atoms with Crippen LogP contribution in [0.25, 0.3) is 10.9 Å². The van der Waals surface area contributed by atoms with Crippen LogP contribution >= 0.6 is 11.8 Å². The van der Waals surface area contributed by atoms with Gasteiger partial charge in [-0.15, -0.1) is 0 Å². The number of nitrogens with zero attached hydrogens (tertiary/aromatic N) is 2. The number of aromatic nitrogens is 2. The lowest BCUT2D eigenvalue weighted by Gasteiger charge is -2.04. The average Bonchev–Trinajstić information content (AvgIpc) is 2.27. The van der Waals surface area contributed by atoms with Gasteiger partial charge < -0.3 is 4.74 Å². The molecule has 0 spiro atoms. The van der Waals surface area contributed by atoms with Crippen LogP contribution in [0.3, 0.4) is 0 Å². The molecule has 4 heteroatoms. The third-order valence-corrected chi connectivity index (χ3v) is 2.47. The summed E-state index contributed by atoms with van der Waals surface area (Å²) in [5.74, 6) is 0.639. The number of thioether (sulfide) groups is 1. The number of methoxy groups -OCH3 is 1. The standard InChI is InChI=1S/C10H10N2OS/c1-13-9-7-5-3-4-6-8(7)11-10(12-9)14-2/h3-6H,1-2H3. The van der Waals surface area contributed by atoms with Gasteiger partial charge in [0.1, 0.15) is 0 Å². The molecule has 1 heterocycles. The van der Waals surface area contributed by atoms with Crippen molar-refractivity contribution in [2.75, 3.05) is 13.4 Å². The lowest BCUT2D eigenvalue weighted by atomic mass is 10.2. The Morgan fingerprint density at radius 2 is 2.00 bits per heavy atom. The summed E-state index contributed by atoms with van der Waals surface area (Å²) in [4.78, 5) is 8.64. The van der Waals surface area contributed by atoms with Crippen molar-refractivity contribution < 1.29 is 4.74 Å². The van der Waals surface area contributed by atoms with E-state index in [2.05, 4.69) is 9.97 Å². The molecule has 0 aliphatic rings. The fourth-order valence-electron chi connectivity index (χ4n) is 1.27. The molecule has 2 rings (SSSR count). The number of para-hydroxylation sites is 1. The average molecular weight is 206 g/mol. The van der Waals surface area contributed by atoms with Crippen LogP contribution in [0, 0.1) is 0 Å². The largest absolute Gasteiger partial charge is 0.480 e. The molecule has 2 aromatic rings. The minimum atomic E-state index is 0.639. The first-order chi connectivity index (χ1) is 6.85. The predicted molar refractivity (Wildman–Crippen MR) is 57.9 cm³/mol. The summed E-state index contributed by atoms with van der Waals surface area (Å²) in [7, 11) is 1.62. The molecule has 0 aliphatic carbocycles. The number of hydrogen-bond donors (Lipinski definition) is 0. The molecule has 1 aromatic heterocycles. The number of ether oxygens (including phenoxy) is 1. The molecule has 3 nitrogen and oxygen atoms in total. The highest BCUT2D eigenvalue weighted by atomic mass is 32.2. The predicted octanol–water partition coefficient (Wildman–Crippen LogP) is 2.36. The van der Waals surface area contributed by atoms with E-state index in [0.717, 1.165) is 16.1 Å². The minimum absolute atomic E-state index is 0.639. The molecular formula is C10H10N2OS. The molecule has 72 valence electrons. The summed E-state index contributed by atoms with van der Waals surface area (Å²) in [6, 6.07) is 7.82. The molecule has 0 N–H and O–H groups in total. The van der Waals surface area contributed by atoms with Crippen molar-refractivity contribution in [3.05, 3.63) is 24.3 Å². The van der Waals surface area contributed by atoms with Crippen LogP contribution in [0.2, 0.25) is 0 Å². The van der Waals surface area contributed by atoms with Gasteiger partial charge in [-0.05, 0) is 18.4 Å². The Hall–Kier alpha value is -1.29. The van der Waals surface area contributed by atoms with Gasteiger partial charge in [0.25, 0.3) is 0 Å². The Labute approximate surface area is 86.5 Å². The van der Waals surface area contributed by atoms with E-state index in [4.69, 9.17) is 4.74 Å². The van der Waals surface area contributed by atoms with Crippen molar-refractivity contribution in [3.8, 4) is 5.88 Å². The second kappa shape index (κ2) is 3.84. The second-order valence-corrected chi connectivity index (χ2v) is 3.51. The lowest BCUT2D eigenvalue weighted by molar-refractivity contribution is 0.398. The van der Waals surface area contributed by atoms with Crippen LogP contribution in [0.4, 0.5) is 0 Å². The number of benzene rings is 1. The summed E-state index contributed by atoms with van der Waals surface area (Å²) in [5, 5.41) is 1.69. The molecule has 0 radical (unpaired) electrons. The summed E-state index contributed by atoms with van der Waals surface area (Å²) in [6.45, 7) is 0. The van der Waals surface area contributed by atoms with Crippen LogP contribution in [0.1, 0.15) is 0 Å². The summed E-state index contributed by atoms with van der Waals surface area (Å²) in [6.07, 6.45) is 1.95. The van der Waals surface area contributed by atoms with Crippen LogP contribution < -0.4 is 4.74 Å². The Balaban J connectivity index is 2.73. The van der Waals surface area contributed by atoms with E-state index in [1.165, 1.54) is 11.8 Å². The van der Waals surface area contributed by atoms with Crippen molar-refractivity contribution in [1.29, 1.82) is 0 Å². The number of fused-ring (bicyclic) bond motifs is 1. The maximum absolute atomic E-state index is 5.21. The Bertz CT molecular complexity index is 459. The maximum Gasteiger partial charge on any atom is 0.225 e. The number of hydrogen-bond acceptors (Lipinski definition) is 4. The van der Waals surface area contributed by atoms with E-state index < -0.39 is 0 Å². The highest BCUT2D eigenvalue weighted by Crippen LogP contribution is 2.24. The van der Waals surface area contributed by atoms with Crippen LogP contribution in [0.5, 0.6) is 5.88 Å². The van der Waals surface area contributed by atoms with Gasteiger partial charge in [0.2, 0.25) is 5.88 Å². The van der Waals surface area contributed by atoms with Crippen LogP contribution in [-0.2, 0) is 0 Å². The van der Waals surface area contributed by atoms with Gasteiger partial charge in [-0.1, -0.05) is 23.9 Å². The fraction of sp³-hybridized carbons (Fsp3) is 0.200. The smallest absolute Gasteiger partial charge is 0.225 e. The zero-order valence-corrected chi connectivity index (χ0v) is 8.84. The van der Waals surface area contributed by atoms with Gasteiger partial charge >= 0.3 is 0 Å². The van der Waals surface area contributed by atoms with Crippen molar-refractivity contribution in [3.63, 3.8) is 0 Å². The SMILES string of the molecule is COc1nc(SC)nc2ccccc12. The van der Waals surface area contributed by atoms with E-state index in [0.29, 0.717) is 5.88 Å². The second-order valence-electron chi connectivity index (χ2n) is 2.74. The van der Waals surface area contributed by atoms with Gasteiger partial charge in [0, 0.05) is 0 Å². The molecule has 0 aliphatic heterocycles. The van der Waals surface area contributed by atoms with Gasteiger partial charge in [-0.25, -0.2) is 4.98 Å². The van der Waals surface area contributed by atoms with E-state index >= 15 is 0 Å². The molecular weight excluding hydrogens is 196 g/mol. The Morgan fingerprint density at radius 3 is 2.71 bits per heavy atom. The third kappa shape index (κ3) is 1.53. The van der Waals surface area contributed by atoms with E-state index in [-0.39, 0.29) is 0 Å². The van der Waals surface area contributed by atoms with Gasteiger partial charge in [0.15, 0.2) is 5.16 Å². The first-order valence-electron chi connectivity index (χ1n) is 4.20. The first kappa shape index (κ1) is 9.27. The summed E-state index contributed by atoms with van der Waals surface area (Å²) in [5.41, 5.74) is 0.920. The quantitative estimate of drug-likeness (QED) is 0.558. The zero-order chi connectivity index (χ0) is 9.97. The molecule has 0 amide bonds. The molecule has 1 aromatic carbocycles. The van der Waals surface area contributed by atoms with Gasteiger partial charge in [-0.2, -0.15) is 4.98 Å². The highest BCUT2D eigenvalue weighted by Gasteiger charge is 2.05. The highest BCUT2D eigenvalue weighted by molar-refractivity contribution is 7.98. The molecule has 0 fully saturated rings. The monoisotopic (exact) mass is 206 g/mol. The summed E-state index contributed by atoms with van der Waals surface area (Å²) < 4.78 is 5.21. The first-order valence-corrected chi connectivity index (χ1v) is 5.42. The minimum Gasteiger partial charge on any atom is -0.480 e. The van der Waals surface area contributed by atoms with E-state index in [9.17, 15) is 0 Å². The molecule has 0 saturated heterocycles. The summed E-state index contributed by atoms with van der Waals surface area (Å²) >= 11 is 1.51. The van der Waals surface area contributed by atoms with Crippen LogP contribution in [-0.4, -0.2) is 23.3 Å². The Morgan fingerprint density at radius 1 is 1.21 bits per heavy atom. The zero-order valence-electron chi connectivity index (χ0n) is 8.02. The van der Waals surface area contributed by atoms with Gasteiger partial charge in [-0.3, -0.25) is 0 Å². The molecule has 0 unspecified atom stereocenters. The topological polar surface area (TPSA) is 35.0 Å². The van der Waals surface area contributed by atoms with Crippen molar-refractivity contribution >= 4 is 22.7 Å². The molecule has 0 bridgehead atoms. The number of rotatable bonds is 2. The van der Waals surface area contributed by atoms with Crippen molar-refractivity contribution in [1.82, 2.24) is 9.97 Å². The lowest BCUT2D eigenvalue weighted by Crippen LogP contribution is -1.93. The maximum atomic E-state index is 5.21. The molecule has 14 heavy (non-hydrogen) atoms. The fourth-order valence-corrected chi connectivity index (χ4v) is 1.64. The van der Waals surface area contributed by atoms with E-state index in [1.54, 1.807) is 7.11 Å². The van der Waals surface area contributed by atoms with Crippen molar-refractivity contribution in [2.45, 2.75) is 5.16 Å². The molecule has 0 atom stereocenters. The Kier molecular flexibility index (Phi) is 2.54. The third-order valence-electron chi connectivity index (χ3n) is 1.92. The molecule has 0 saturated carbocycles. The normalized spacial score (nSPS) is 10.4. The van der Waals surface area contributed by atoms with Crippen molar-refractivity contribution in [2.24, 2.45) is 0 Å². The van der Waals surface area contributed by atoms with Gasteiger partial charge in [0.05, 0.1) is 18.0 Å². The van der Waals surface area contributed by atoms with E-state index in [1.807, 2.05) is 30.5 Å². The van der Waals surface area contributed by atoms with Crippen LogP contribution in [0.15, 0.2) is 29.4 Å².